The SMILES string of the molecule is N=C(/N=C\Nc1ccc(OC(F)(F)F)cc1)c1ccc(C2CC2NC(=S)Nc2c(Cl)cccc2Cl)cc1. The average Bonchev–Trinajstić information content (AvgIpc) is 3.60. The molecule has 0 heterocycles. The predicted molar refractivity (Wildman–Crippen MR) is 145 cm³/mol. The van der Waals surface area contributed by atoms with E-state index in [1.165, 1.54) is 30.6 Å². The molecule has 1 saturated carbocycles. The van der Waals surface area contributed by atoms with Gasteiger partial charge >= 0.3 is 6.36 Å². The van der Waals surface area contributed by atoms with Gasteiger partial charge < -0.3 is 20.7 Å². The first-order valence-corrected chi connectivity index (χ1v) is 12.1. The van der Waals surface area contributed by atoms with E-state index >= 15 is 0 Å². The first-order valence-electron chi connectivity index (χ1n) is 10.9. The largest absolute Gasteiger partial charge is 0.573 e. The third-order valence-electron chi connectivity index (χ3n) is 5.43. The number of hydrogen-bond donors (Lipinski definition) is 4. The highest BCUT2D eigenvalue weighted by Crippen LogP contribution is 2.41. The molecular formula is C25H20Cl2F3N5OS. The first kappa shape index (κ1) is 26.7. The van der Waals surface area contributed by atoms with Crippen LogP contribution >= 0.6 is 35.4 Å². The Morgan fingerprint density at radius 3 is 2.30 bits per heavy atom. The second kappa shape index (κ2) is 11.4. The second-order valence-electron chi connectivity index (χ2n) is 8.09. The number of para-hydroxylation sites is 1. The highest BCUT2D eigenvalue weighted by Gasteiger charge is 2.39. The number of amidine groups is 1. The Labute approximate surface area is 226 Å². The van der Waals surface area contributed by atoms with Gasteiger partial charge in [-0.2, -0.15) is 0 Å². The van der Waals surface area contributed by atoms with Gasteiger partial charge in [0.05, 0.1) is 22.1 Å². The van der Waals surface area contributed by atoms with E-state index in [1.54, 1.807) is 18.2 Å². The summed E-state index contributed by atoms with van der Waals surface area (Å²) in [5, 5.41) is 18.7. The molecule has 2 unspecified atom stereocenters. The average molecular weight is 566 g/mol. The maximum Gasteiger partial charge on any atom is 0.573 e. The Morgan fingerprint density at radius 1 is 1.03 bits per heavy atom. The number of rotatable bonds is 7. The number of nitrogens with one attached hydrogen (secondary N) is 4. The summed E-state index contributed by atoms with van der Waals surface area (Å²) in [6.45, 7) is 0. The lowest BCUT2D eigenvalue weighted by Crippen LogP contribution is -2.31. The summed E-state index contributed by atoms with van der Waals surface area (Å²) in [4.78, 5) is 4.05. The smallest absolute Gasteiger partial charge is 0.406 e. The van der Waals surface area contributed by atoms with E-state index in [0.29, 0.717) is 32.1 Å². The first-order chi connectivity index (χ1) is 17.6. The van der Waals surface area contributed by atoms with Gasteiger partial charge in [-0.1, -0.05) is 53.5 Å². The number of nitrogens with zero attached hydrogens (tertiary/aromatic N) is 1. The van der Waals surface area contributed by atoms with E-state index in [2.05, 4.69) is 25.7 Å². The van der Waals surface area contributed by atoms with E-state index in [0.717, 1.165) is 12.0 Å². The van der Waals surface area contributed by atoms with Crippen LogP contribution in [0.25, 0.3) is 0 Å². The molecule has 0 bridgehead atoms. The quantitative estimate of drug-likeness (QED) is 0.138. The van der Waals surface area contributed by atoms with Gasteiger partial charge in [0.15, 0.2) is 10.9 Å². The highest BCUT2D eigenvalue weighted by molar-refractivity contribution is 7.80. The van der Waals surface area contributed by atoms with Crippen LogP contribution in [0.15, 0.2) is 71.7 Å². The lowest BCUT2D eigenvalue weighted by atomic mass is 10.1. The van der Waals surface area contributed by atoms with E-state index < -0.39 is 6.36 Å². The summed E-state index contributed by atoms with van der Waals surface area (Å²) in [6, 6.07) is 18.1. The Balaban J connectivity index is 1.25. The normalized spacial score (nSPS) is 16.8. The number of thiocarbonyl (C=S) groups is 1. The molecule has 192 valence electrons. The topological polar surface area (TPSA) is 81.5 Å². The lowest BCUT2D eigenvalue weighted by Gasteiger charge is -2.13. The molecule has 1 fully saturated rings. The van der Waals surface area contributed by atoms with Crippen LogP contribution in [-0.2, 0) is 0 Å². The number of alkyl halides is 3. The van der Waals surface area contributed by atoms with Gasteiger partial charge in [0.25, 0.3) is 0 Å². The molecule has 37 heavy (non-hydrogen) atoms. The fourth-order valence-corrected chi connectivity index (χ4v) is 4.29. The van der Waals surface area contributed by atoms with Crippen LogP contribution in [0, 0.1) is 5.41 Å². The molecule has 6 nitrogen and oxygen atoms in total. The third-order valence-corrected chi connectivity index (χ3v) is 6.28. The van der Waals surface area contributed by atoms with Gasteiger partial charge in [0, 0.05) is 23.2 Å². The van der Waals surface area contributed by atoms with Crippen molar-refractivity contribution < 1.29 is 17.9 Å². The molecule has 0 saturated heterocycles. The third kappa shape index (κ3) is 7.58. The molecule has 0 amide bonds. The van der Waals surface area contributed by atoms with Crippen LogP contribution in [0.3, 0.4) is 0 Å². The summed E-state index contributed by atoms with van der Waals surface area (Å²) in [7, 11) is 0. The van der Waals surface area contributed by atoms with Gasteiger partial charge in [0.1, 0.15) is 5.75 Å². The molecule has 4 N–H and O–H groups in total. The van der Waals surface area contributed by atoms with E-state index in [-0.39, 0.29) is 23.5 Å². The zero-order valence-corrected chi connectivity index (χ0v) is 21.3. The maximum atomic E-state index is 12.2. The summed E-state index contributed by atoms with van der Waals surface area (Å²) in [6.07, 6.45) is -2.53. The molecule has 0 aromatic heterocycles. The molecule has 0 radical (unpaired) electrons. The van der Waals surface area contributed by atoms with Crippen molar-refractivity contribution in [3.8, 4) is 5.75 Å². The monoisotopic (exact) mass is 565 g/mol. The Morgan fingerprint density at radius 2 is 1.68 bits per heavy atom. The van der Waals surface area contributed by atoms with Crippen molar-refractivity contribution in [2.75, 3.05) is 10.6 Å². The Kier molecular flexibility index (Phi) is 8.21. The van der Waals surface area contributed by atoms with Crippen LogP contribution < -0.4 is 20.7 Å². The highest BCUT2D eigenvalue weighted by atomic mass is 35.5. The van der Waals surface area contributed by atoms with E-state index in [9.17, 15) is 13.2 Å². The zero-order valence-electron chi connectivity index (χ0n) is 18.9. The zero-order chi connectivity index (χ0) is 26.6. The van der Waals surface area contributed by atoms with E-state index in [1.807, 2.05) is 24.3 Å². The number of halogens is 5. The number of ether oxygens (including phenoxy) is 1. The lowest BCUT2D eigenvalue weighted by molar-refractivity contribution is -0.274. The minimum absolute atomic E-state index is 0.0311. The summed E-state index contributed by atoms with van der Waals surface area (Å²) in [5.41, 5.74) is 2.78. The van der Waals surface area contributed by atoms with Crippen molar-refractivity contribution in [1.82, 2.24) is 5.32 Å². The number of aliphatic imine (C=N–C) groups is 1. The fourth-order valence-electron chi connectivity index (χ4n) is 3.55. The van der Waals surface area contributed by atoms with Crippen molar-refractivity contribution in [2.24, 2.45) is 4.99 Å². The number of hydrogen-bond acceptors (Lipinski definition) is 3. The maximum absolute atomic E-state index is 12.2. The number of anilines is 2. The van der Waals surface area contributed by atoms with Gasteiger partial charge in [-0.15, -0.1) is 13.2 Å². The van der Waals surface area contributed by atoms with Crippen LogP contribution in [-0.4, -0.2) is 29.7 Å². The molecule has 4 rings (SSSR count). The molecule has 12 heteroatoms. The molecule has 2 atom stereocenters. The van der Waals surface area contributed by atoms with Crippen molar-refractivity contribution >= 4 is 64.1 Å². The molecule has 0 aliphatic heterocycles. The van der Waals surface area contributed by atoms with Gasteiger partial charge in [-0.3, -0.25) is 5.41 Å². The summed E-state index contributed by atoms with van der Waals surface area (Å²) in [5.74, 6) is -0.0123. The minimum atomic E-state index is -4.74. The Hall–Kier alpha value is -3.34. The standard InChI is InChI=1S/C25H20Cl2F3N5OS/c26-19-2-1-3-20(27)22(19)35-24(37)34-21-12-18(21)14-4-6-15(7-5-14)23(31)33-13-32-16-8-10-17(11-9-16)36-25(28,29)30/h1-11,13,18,21H,12H2,(H2,31,32,33)(H2,34,35,37). The molecule has 3 aromatic carbocycles. The van der Waals surface area contributed by atoms with Crippen LogP contribution in [0.5, 0.6) is 5.75 Å². The van der Waals surface area contributed by atoms with Crippen molar-refractivity contribution in [3.05, 3.63) is 87.9 Å². The molecule has 0 spiro atoms. The van der Waals surface area contributed by atoms with Crippen LogP contribution in [0.1, 0.15) is 23.5 Å². The second-order valence-corrected chi connectivity index (χ2v) is 9.31. The molecular weight excluding hydrogens is 546 g/mol. The van der Waals surface area contributed by atoms with Crippen molar-refractivity contribution in [1.29, 1.82) is 5.41 Å². The van der Waals surface area contributed by atoms with Crippen LogP contribution in [0.4, 0.5) is 24.5 Å². The van der Waals surface area contributed by atoms with E-state index in [4.69, 9.17) is 40.8 Å². The predicted octanol–water partition coefficient (Wildman–Crippen LogP) is 7.20. The fraction of sp³-hybridized carbons (Fsp3) is 0.160. The summed E-state index contributed by atoms with van der Waals surface area (Å²) < 4.78 is 40.5. The van der Waals surface area contributed by atoms with Crippen molar-refractivity contribution in [2.45, 2.75) is 24.7 Å². The molecule has 1 aliphatic rings. The minimum Gasteiger partial charge on any atom is -0.406 e. The van der Waals surface area contributed by atoms with Gasteiger partial charge in [0.2, 0.25) is 0 Å². The summed E-state index contributed by atoms with van der Waals surface area (Å²) >= 11 is 17.7. The Bertz CT molecular complexity index is 1300. The van der Waals surface area contributed by atoms with Crippen molar-refractivity contribution in [3.63, 3.8) is 0 Å². The van der Waals surface area contributed by atoms with Crippen LogP contribution in [0.2, 0.25) is 10.0 Å². The number of benzene rings is 3. The molecule has 1 aliphatic carbocycles. The van der Waals surface area contributed by atoms with Gasteiger partial charge in [-0.25, -0.2) is 4.99 Å². The molecule has 3 aromatic rings. The van der Waals surface area contributed by atoms with Gasteiger partial charge in [-0.05, 0) is 60.6 Å².